The third-order valence-corrected chi connectivity index (χ3v) is 6.12. The molecule has 0 bridgehead atoms. The van der Waals surface area contributed by atoms with Gasteiger partial charge in [-0.05, 0) is 50.4 Å². The van der Waals surface area contributed by atoms with Gasteiger partial charge in [0.1, 0.15) is 17.3 Å². The van der Waals surface area contributed by atoms with Crippen LogP contribution in [0.4, 0.5) is 0 Å². The van der Waals surface area contributed by atoms with Crippen molar-refractivity contribution < 1.29 is 9.84 Å². The Kier molecular flexibility index (Phi) is 6.06. The average Bonchev–Trinajstić information content (AvgIpc) is 3.20. The molecule has 4 rings (SSSR count). The van der Waals surface area contributed by atoms with E-state index < -0.39 is 0 Å². The molecule has 0 aliphatic carbocycles. The van der Waals surface area contributed by atoms with Gasteiger partial charge < -0.3 is 9.84 Å². The van der Waals surface area contributed by atoms with Gasteiger partial charge in [-0.2, -0.15) is 0 Å². The van der Waals surface area contributed by atoms with Gasteiger partial charge >= 0.3 is 0 Å². The molecule has 7 heteroatoms. The number of thioether (sulfide) groups is 1. The molecule has 1 aliphatic heterocycles. The van der Waals surface area contributed by atoms with Crippen LogP contribution in [0.25, 0.3) is 5.69 Å². The number of rotatable bonds is 6. The van der Waals surface area contributed by atoms with Gasteiger partial charge in [-0.15, -0.1) is 10.2 Å². The molecule has 152 valence electrons. The van der Waals surface area contributed by atoms with E-state index in [1.54, 1.807) is 24.9 Å². The average molecular weight is 411 g/mol. The van der Waals surface area contributed by atoms with E-state index in [4.69, 9.17) is 4.74 Å². The topological polar surface area (TPSA) is 63.4 Å². The number of aromatic nitrogens is 3. The number of nitrogens with zero attached hydrogens (tertiary/aromatic N) is 4. The van der Waals surface area contributed by atoms with Gasteiger partial charge in [0.15, 0.2) is 5.16 Å². The molecule has 1 fully saturated rings. The summed E-state index contributed by atoms with van der Waals surface area (Å²) in [5, 5.41) is 19.9. The van der Waals surface area contributed by atoms with Gasteiger partial charge in [-0.25, -0.2) is 0 Å². The number of ether oxygens (including phenoxy) is 1. The monoisotopic (exact) mass is 410 g/mol. The lowest BCUT2D eigenvalue weighted by molar-refractivity contribution is 0.199. The van der Waals surface area contributed by atoms with Crippen molar-refractivity contribution in [1.82, 2.24) is 19.7 Å². The Morgan fingerprint density at radius 2 is 1.90 bits per heavy atom. The molecule has 0 saturated carbocycles. The number of methoxy groups -OCH3 is 1. The zero-order valence-electron chi connectivity index (χ0n) is 16.8. The number of phenolic OH excluding ortho intramolecular Hbond substituents is 1. The zero-order valence-corrected chi connectivity index (χ0v) is 17.6. The Morgan fingerprint density at radius 1 is 1.10 bits per heavy atom. The maximum atomic E-state index is 10.0. The van der Waals surface area contributed by atoms with Crippen LogP contribution < -0.4 is 4.74 Å². The molecule has 0 amide bonds. The van der Waals surface area contributed by atoms with Gasteiger partial charge in [0, 0.05) is 24.1 Å². The van der Waals surface area contributed by atoms with Crippen LogP contribution in [0.1, 0.15) is 30.1 Å². The number of aromatic hydroxyl groups is 1. The summed E-state index contributed by atoms with van der Waals surface area (Å²) < 4.78 is 7.57. The fraction of sp³-hybridized carbons (Fsp3) is 0.364. The molecule has 0 unspecified atom stereocenters. The van der Waals surface area contributed by atoms with E-state index in [2.05, 4.69) is 25.7 Å². The van der Waals surface area contributed by atoms with E-state index in [0.29, 0.717) is 11.7 Å². The van der Waals surface area contributed by atoms with Crippen LogP contribution in [0.3, 0.4) is 0 Å². The molecule has 0 atom stereocenters. The van der Waals surface area contributed by atoms with Crippen LogP contribution in [0, 0.1) is 0 Å². The standard InChI is InChI=1S/C22H26N4O2S/c1-28-19-8-5-7-18(14-19)26-21(23-24-22(26)29-2)16-10-12-25(13-11-16)15-17-6-3-4-9-20(17)27/h3-9,14,16,27H,10-13,15H2,1-2H3. The van der Waals surface area contributed by atoms with Crippen molar-refractivity contribution >= 4 is 11.8 Å². The van der Waals surface area contributed by atoms with Crippen molar-refractivity contribution in [3.05, 3.63) is 59.9 Å². The smallest absolute Gasteiger partial charge is 0.195 e. The molecule has 1 aliphatic rings. The van der Waals surface area contributed by atoms with Crippen LogP contribution in [0.15, 0.2) is 53.7 Å². The first-order chi connectivity index (χ1) is 14.2. The zero-order chi connectivity index (χ0) is 20.2. The molecule has 0 radical (unpaired) electrons. The lowest BCUT2D eigenvalue weighted by Crippen LogP contribution is -2.33. The minimum Gasteiger partial charge on any atom is -0.508 e. The number of hydrogen-bond donors (Lipinski definition) is 1. The summed E-state index contributed by atoms with van der Waals surface area (Å²) in [4.78, 5) is 2.40. The van der Waals surface area contributed by atoms with E-state index in [1.807, 2.05) is 42.7 Å². The lowest BCUT2D eigenvalue weighted by Gasteiger charge is -2.31. The number of piperidine rings is 1. The second-order valence-corrected chi connectivity index (χ2v) is 8.03. The van der Waals surface area contributed by atoms with Gasteiger partial charge in [0.2, 0.25) is 0 Å². The van der Waals surface area contributed by atoms with Gasteiger partial charge in [-0.3, -0.25) is 9.47 Å². The van der Waals surface area contributed by atoms with Crippen LogP contribution in [-0.4, -0.2) is 51.2 Å². The van der Waals surface area contributed by atoms with Crippen LogP contribution >= 0.6 is 11.8 Å². The molecule has 6 nitrogen and oxygen atoms in total. The third-order valence-electron chi connectivity index (χ3n) is 5.49. The summed E-state index contributed by atoms with van der Waals surface area (Å²) in [6, 6.07) is 15.6. The van der Waals surface area contributed by atoms with Gasteiger partial charge in [0.25, 0.3) is 0 Å². The van der Waals surface area contributed by atoms with Crippen LogP contribution in [-0.2, 0) is 6.54 Å². The molecule has 1 N–H and O–H groups in total. The highest BCUT2D eigenvalue weighted by molar-refractivity contribution is 7.98. The quantitative estimate of drug-likeness (QED) is 0.618. The Bertz CT molecular complexity index is 967. The van der Waals surface area contributed by atoms with Crippen molar-refractivity contribution in [1.29, 1.82) is 0 Å². The number of para-hydroxylation sites is 1. The summed E-state index contributed by atoms with van der Waals surface area (Å²) in [6.45, 7) is 2.72. The number of phenols is 1. The first-order valence-corrected chi connectivity index (χ1v) is 11.0. The number of likely N-dealkylation sites (tertiary alicyclic amines) is 1. The van der Waals surface area contributed by atoms with Gasteiger partial charge in [-0.1, -0.05) is 36.0 Å². The van der Waals surface area contributed by atoms with E-state index in [9.17, 15) is 5.11 Å². The maximum Gasteiger partial charge on any atom is 0.195 e. The predicted octanol–water partition coefficient (Wildman–Crippen LogP) is 4.08. The van der Waals surface area contributed by atoms with Gasteiger partial charge in [0.05, 0.1) is 12.8 Å². The van der Waals surface area contributed by atoms with E-state index >= 15 is 0 Å². The lowest BCUT2D eigenvalue weighted by atomic mass is 9.95. The highest BCUT2D eigenvalue weighted by Gasteiger charge is 2.27. The second-order valence-electron chi connectivity index (χ2n) is 7.26. The summed E-state index contributed by atoms with van der Waals surface area (Å²) in [5.74, 6) is 2.57. The SMILES string of the molecule is COc1cccc(-n2c(SC)nnc2C2CCN(Cc3ccccc3O)CC2)c1. The Labute approximate surface area is 175 Å². The van der Waals surface area contributed by atoms with Crippen LogP contribution in [0.2, 0.25) is 0 Å². The molecule has 2 heterocycles. The minimum absolute atomic E-state index is 0.357. The summed E-state index contributed by atoms with van der Waals surface area (Å²) in [5.41, 5.74) is 2.01. The molecule has 0 spiro atoms. The third kappa shape index (κ3) is 4.26. The Balaban J connectivity index is 1.51. The second kappa shape index (κ2) is 8.88. The van der Waals surface area contributed by atoms with Crippen molar-refractivity contribution in [2.75, 3.05) is 26.5 Å². The molecule has 1 aromatic heterocycles. The Morgan fingerprint density at radius 3 is 2.62 bits per heavy atom. The minimum atomic E-state index is 0.357. The molecule has 2 aromatic carbocycles. The first-order valence-electron chi connectivity index (χ1n) is 9.82. The highest BCUT2D eigenvalue weighted by Crippen LogP contribution is 2.33. The van der Waals surface area contributed by atoms with Crippen molar-refractivity contribution in [2.24, 2.45) is 0 Å². The Hall–Kier alpha value is -2.51. The first kappa shape index (κ1) is 19.8. The molecular formula is C22H26N4O2S. The predicted molar refractivity (Wildman–Crippen MR) is 115 cm³/mol. The maximum absolute atomic E-state index is 10.0. The highest BCUT2D eigenvalue weighted by atomic mass is 32.2. The number of hydrogen-bond acceptors (Lipinski definition) is 6. The fourth-order valence-corrected chi connectivity index (χ4v) is 4.41. The van der Waals surface area contributed by atoms with E-state index in [1.165, 1.54) is 0 Å². The molecular weight excluding hydrogens is 384 g/mol. The normalized spacial score (nSPS) is 15.5. The van der Waals surface area contributed by atoms with Crippen molar-refractivity contribution in [2.45, 2.75) is 30.5 Å². The largest absolute Gasteiger partial charge is 0.508 e. The molecule has 3 aromatic rings. The number of benzene rings is 2. The summed E-state index contributed by atoms with van der Waals surface area (Å²) >= 11 is 1.60. The van der Waals surface area contributed by atoms with E-state index in [-0.39, 0.29) is 0 Å². The van der Waals surface area contributed by atoms with Crippen molar-refractivity contribution in [3.8, 4) is 17.2 Å². The summed E-state index contributed by atoms with van der Waals surface area (Å²) in [7, 11) is 1.68. The molecule has 29 heavy (non-hydrogen) atoms. The molecule has 1 saturated heterocycles. The van der Waals surface area contributed by atoms with Crippen LogP contribution in [0.5, 0.6) is 11.5 Å². The summed E-state index contributed by atoms with van der Waals surface area (Å²) in [6.07, 6.45) is 4.06. The van der Waals surface area contributed by atoms with E-state index in [0.717, 1.165) is 60.5 Å². The van der Waals surface area contributed by atoms with Crippen molar-refractivity contribution in [3.63, 3.8) is 0 Å². The fourth-order valence-electron chi connectivity index (χ4n) is 3.90.